The maximum absolute atomic E-state index is 13.3. The molecule has 23 heavy (non-hydrogen) atoms. The zero-order valence-electron chi connectivity index (χ0n) is 12.5. The predicted octanol–water partition coefficient (Wildman–Crippen LogP) is 4.47. The number of nitrogens with zero attached hydrogens (tertiary/aromatic N) is 2. The van der Waals surface area contributed by atoms with E-state index in [4.69, 9.17) is 5.73 Å². The first-order valence-corrected chi connectivity index (χ1v) is 8.37. The van der Waals surface area contributed by atoms with Gasteiger partial charge in [0.2, 0.25) is 0 Å². The smallest absolute Gasteiger partial charge is 0.375 e. The van der Waals surface area contributed by atoms with E-state index < -0.39 is 11.7 Å². The van der Waals surface area contributed by atoms with Crippen LogP contribution in [0.2, 0.25) is 0 Å². The Labute approximate surface area is 136 Å². The van der Waals surface area contributed by atoms with Gasteiger partial charge in [-0.1, -0.05) is 24.6 Å². The third-order valence-corrected chi connectivity index (χ3v) is 4.98. The fourth-order valence-electron chi connectivity index (χ4n) is 3.17. The van der Waals surface area contributed by atoms with Crippen molar-refractivity contribution in [3.8, 4) is 0 Å². The summed E-state index contributed by atoms with van der Waals surface area (Å²) in [5.74, 6) is 0. The molecule has 2 N–H and O–H groups in total. The van der Waals surface area contributed by atoms with E-state index in [9.17, 15) is 13.2 Å². The summed E-state index contributed by atoms with van der Waals surface area (Å²) in [5.41, 5.74) is 5.50. The Balaban J connectivity index is 1.90. The van der Waals surface area contributed by atoms with Gasteiger partial charge in [-0.3, -0.25) is 4.90 Å². The van der Waals surface area contributed by atoms with Gasteiger partial charge >= 0.3 is 6.18 Å². The zero-order valence-corrected chi connectivity index (χ0v) is 13.3. The summed E-state index contributed by atoms with van der Waals surface area (Å²) in [6.45, 7) is 1.38. The molecule has 1 saturated heterocycles. The third-order valence-electron chi connectivity index (χ3n) is 4.17. The fraction of sp³-hybridized carbons (Fsp3) is 0.438. The number of aromatic nitrogens is 1. The molecule has 0 bridgehead atoms. The Morgan fingerprint density at radius 2 is 2.04 bits per heavy atom. The van der Waals surface area contributed by atoms with Crippen LogP contribution in [-0.2, 0) is 12.7 Å². The number of alkyl halides is 3. The lowest BCUT2D eigenvalue weighted by Crippen LogP contribution is -2.33. The summed E-state index contributed by atoms with van der Waals surface area (Å²) in [5, 5.41) is 0.490. The van der Waals surface area contributed by atoms with Crippen LogP contribution >= 0.6 is 11.3 Å². The zero-order chi connectivity index (χ0) is 16.4. The third kappa shape index (κ3) is 3.67. The summed E-state index contributed by atoms with van der Waals surface area (Å²) in [6.07, 6.45) is 0.0640. The van der Waals surface area contributed by atoms with Gasteiger partial charge in [0.1, 0.15) is 0 Å². The van der Waals surface area contributed by atoms with Gasteiger partial charge in [-0.2, -0.15) is 13.2 Å². The molecule has 1 aromatic carbocycles. The van der Waals surface area contributed by atoms with E-state index in [2.05, 4.69) is 9.88 Å². The lowest BCUT2D eigenvalue weighted by molar-refractivity contribution is -0.139. The quantitative estimate of drug-likeness (QED) is 0.895. The maximum Gasteiger partial charge on any atom is 0.416 e. The molecule has 0 aliphatic carbocycles. The van der Waals surface area contributed by atoms with Crippen LogP contribution in [0.3, 0.4) is 0 Å². The normalized spacial score (nSPS) is 19.9. The number of piperidine rings is 1. The van der Waals surface area contributed by atoms with E-state index in [1.165, 1.54) is 23.5 Å². The van der Waals surface area contributed by atoms with E-state index in [-0.39, 0.29) is 6.04 Å². The standard InChI is InChI=1S/C16H18F3N3S/c17-16(18,19)13-6-2-1-5-12(13)14-7-3-4-8-22(14)10-11-9-21-15(20)23-11/h1-2,5-6,9,14H,3-4,7-8,10H2,(H2,20,21). The minimum Gasteiger partial charge on any atom is -0.375 e. The first-order chi connectivity index (χ1) is 10.9. The number of hydrogen-bond donors (Lipinski definition) is 1. The molecule has 3 nitrogen and oxygen atoms in total. The van der Waals surface area contributed by atoms with Crippen molar-refractivity contribution in [2.24, 2.45) is 0 Å². The van der Waals surface area contributed by atoms with Crippen molar-refractivity contribution in [3.63, 3.8) is 0 Å². The Hall–Kier alpha value is -1.60. The van der Waals surface area contributed by atoms with Crippen LogP contribution in [-0.4, -0.2) is 16.4 Å². The van der Waals surface area contributed by atoms with E-state index in [1.807, 2.05) is 0 Å². The summed E-state index contributed by atoms with van der Waals surface area (Å²) < 4.78 is 40.0. The summed E-state index contributed by atoms with van der Waals surface area (Å²) in [6, 6.07) is 5.69. The Kier molecular flexibility index (Phi) is 4.59. The van der Waals surface area contributed by atoms with Crippen LogP contribution in [0.25, 0.3) is 0 Å². The molecule has 3 rings (SSSR count). The monoisotopic (exact) mass is 341 g/mol. The number of likely N-dealkylation sites (tertiary alicyclic amines) is 1. The van der Waals surface area contributed by atoms with Crippen molar-refractivity contribution in [2.75, 3.05) is 12.3 Å². The van der Waals surface area contributed by atoms with Gasteiger partial charge in [0.25, 0.3) is 0 Å². The van der Waals surface area contributed by atoms with Crippen LogP contribution in [0.4, 0.5) is 18.3 Å². The highest BCUT2D eigenvalue weighted by molar-refractivity contribution is 7.15. The second kappa shape index (κ2) is 6.49. The molecular weight excluding hydrogens is 323 g/mol. The average Bonchev–Trinajstić information content (AvgIpc) is 2.92. The molecule has 1 unspecified atom stereocenters. The lowest BCUT2D eigenvalue weighted by atomic mass is 9.91. The molecule has 0 spiro atoms. The number of anilines is 1. The van der Waals surface area contributed by atoms with Crippen molar-refractivity contribution in [3.05, 3.63) is 46.5 Å². The minimum atomic E-state index is -4.32. The van der Waals surface area contributed by atoms with Gasteiger partial charge in [-0.25, -0.2) is 4.98 Å². The number of hydrogen-bond acceptors (Lipinski definition) is 4. The number of nitrogen functional groups attached to an aromatic ring is 1. The van der Waals surface area contributed by atoms with Crippen molar-refractivity contribution in [1.82, 2.24) is 9.88 Å². The van der Waals surface area contributed by atoms with Crippen LogP contribution in [0, 0.1) is 0 Å². The first kappa shape index (κ1) is 16.3. The molecular formula is C16H18F3N3S. The lowest BCUT2D eigenvalue weighted by Gasteiger charge is -2.36. The van der Waals surface area contributed by atoms with Crippen LogP contribution < -0.4 is 5.73 Å². The number of benzene rings is 1. The highest BCUT2D eigenvalue weighted by atomic mass is 32.1. The van der Waals surface area contributed by atoms with Gasteiger partial charge in [0.15, 0.2) is 5.13 Å². The highest BCUT2D eigenvalue weighted by Crippen LogP contribution is 2.40. The Morgan fingerprint density at radius 3 is 2.74 bits per heavy atom. The number of rotatable bonds is 3. The summed E-state index contributed by atoms with van der Waals surface area (Å²) in [7, 11) is 0. The number of thiazole rings is 1. The molecule has 2 aromatic rings. The molecule has 7 heteroatoms. The largest absolute Gasteiger partial charge is 0.416 e. The van der Waals surface area contributed by atoms with E-state index >= 15 is 0 Å². The SMILES string of the molecule is Nc1ncc(CN2CCCCC2c2ccccc2C(F)(F)F)s1. The van der Waals surface area contributed by atoms with Crippen molar-refractivity contribution in [1.29, 1.82) is 0 Å². The molecule has 1 aromatic heterocycles. The van der Waals surface area contributed by atoms with Crippen molar-refractivity contribution >= 4 is 16.5 Å². The summed E-state index contributed by atoms with van der Waals surface area (Å²) >= 11 is 1.39. The van der Waals surface area contributed by atoms with Gasteiger partial charge < -0.3 is 5.73 Å². The number of nitrogens with two attached hydrogens (primary N) is 1. The molecule has 0 radical (unpaired) electrons. The maximum atomic E-state index is 13.3. The van der Waals surface area contributed by atoms with Gasteiger partial charge in [-0.05, 0) is 31.0 Å². The van der Waals surface area contributed by atoms with Gasteiger partial charge in [-0.15, -0.1) is 11.3 Å². The van der Waals surface area contributed by atoms with Crippen molar-refractivity contribution < 1.29 is 13.2 Å². The van der Waals surface area contributed by atoms with Crippen LogP contribution in [0.15, 0.2) is 30.5 Å². The van der Waals surface area contributed by atoms with Crippen LogP contribution in [0.5, 0.6) is 0 Å². The first-order valence-electron chi connectivity index (χ1n) is 7.55. The molecule has 1 atom stereocenters. The van der Waals surface area contributed by atoms with E-state index in [0.29, 0.717) is 17.2 Å². The molecule has 0 amide bonds. The predicted molar refractivity (Wildman–Crippen MR) is 85.0 cm³/mol. The topological polar surface area (TPSA) is 42.1 Å². The van der Waals surface area contributed by atoms with Crippen molar-refractivity contribution in [2.45, 2.75) is 38.0 Å². The van der Waals surface area contributed by atoms with E-state index in [1.54, 1.807) is 18.3 Å². The molecule has 0 saturated carbocycles. The molecule has 124 valence electrons. The molecule has 2 heterocycles. The Morgan fingerprint density at radius 1 is 1.26 bits per heavy atom. The van der Waals surface area contributed by atoms with E-state index in [0.717, 1.165) is 30.7 Å². The second-order valence-corrected chi connectivity index (χ2v) is 6.88. The molecule has 1 aliphatic heterocycles. The van der Waals surface area contributed by atoms with Gasteiger partial charge in [0.05, 0.1) is 5.56 Å². The minimum absolute atomic E-state index is 0.218. The average molecular weight is 341 g/mol. The van der Waals surface area contributed by atoms with Gasteiger partial charge in [0, 0.05) is 23.7 Å². The second-order valence-electron chi connectivity index (χ2n) is 5.73. The highest BCUT2D eigenvalue weighted by Gasteiger charge is 2.37. The molecule has 1 aliphatic rings. The summed E-state index contributed by atoms with van der Waals surface area (Å²) in [4.78, 5) is 7.12. The number of halogens is 3. The Bertz CT molecular complexity index is 669. The van der Waals surface area contributed by atoms with Crippen LogP contribution in [0.1, 0.15) is 41.3 Å². The molecule has 1 fully saturated rings. The fourth-order valence-corrected chi connectivity index (χ4v) is 3.88.